The van der Waals surface area contributed by atoms with E-state index in [1.165, 1.54) is 19.3 Å². The molecule has 0 saturated carbocycles. The predicted octanol–water partition coefficient (Wildman–Crippen LogP) is 5.46. The smallest absolute Gasteiger partial charge is 0.126 e. The van der Waals surface area contributed by atoms with Crippen LogP contribution in [0.4, 0.5) is 0 Å². The molecule has 0 saturated heterocycles. The highest BCUT2D eigenvalue weighted by atomic mass is 79.9. The summed E-state index contributed by atoms with van der Waals surface area (Å²) in [5, 5.41) is 0. The second-order valence-corrected chi connectivity index (χ2v) is 5.44. The quantitative estimate of drug-likeness (QED) is 0.479. The molecule has 0 amide bonds. The van der Waals surface area contributed by atoms with Gasteiger partial charge in [0.2, 0.25) is 0 Å². The van der Waals surface area contributed by atoms with E-state index in [2.05, 4.69) is 35.8 Å². The molecule has 1 aromatic carbocycles. The van der Waals surface area contributed by atoms with Crippen LogP contribution in [0.3, 0.4) is 0 Å². The molecule has 1 nitrogen and oxygen atoms in total. The molecule has 1 rings (SSSR count). The maximum Gasteiger partial charge on any atom is 0.126 e. The van der Waals surface area contributed by atoms with Gasteiger partial charge in [-0.3, -0.25) is 0 Å². The largest absolute Gasteiger partial charge is 0.493 e. The van der Waals surface area contributed by atoms with Gasteiger partial charge >= 0.3 is 0 Å². The molecule has 0 aliphatic carbocycles. The van der Waals surface area contributed by atoms with Crippen molar-refractivity contribution in [1.82, 2.24) is 0 Å². The first-order chi connectivity index (χ1) is 8.19. The first kappa shape index (κ1) is 14.8. The molecule has 96 valence electrons. The minimum Gasteiger partial charge on any atom is -0.493 e. The molecule has 17 heavy (non-hydrogen) atoms. The van der Waals surface area contributed by atoms with Crippen LogP contribution in [0.15, 0.2) is 16.6 Å². The maximum absolute atomic E-state index is 5.94. The van der Waals surface area contributed by atoms with Crippen molar-refractivity contribution >= 4 is 27.5 Å². The standard InChI is InChI=1S/C14H20BrClO/c1-3-4-5-6-7-17-14-11(2)8-13(15)9-12(14)10-16/h8-9H,3-7,10H2,1-2H3. The minimum absolute atomic E-state index is 0.491. The summed E-state index contributed by atoms with van der Waals surface area (Å²) in [5.74, 6) is 1.45. The van der Waals surface area contributed by atoms with Crippen LogP contribution in [0.1, 0.15) is 43.7 Å². The van der Waals surface area contributed by atoms with Crippen molar-refractivity contribution in [3.05, 3.63) is 27.7 Å². The fourth-order valence-corrected chi connectivity index (χ4v) is 2.63. The molecule has 0 aliphatic rings. The first-order valence-electron chi connectivity index (χ1n) is 6.16. The molecule has 0 heterocycles. The van der Waals surface area contributed by atoms with E-state index in [1.54, 1.807) is 0 Å². The second kappa shape index (κ2) is 7.99. The van der Waals surface area contributed by atoms with E-state index in [1.807, 2.05) is 6.07 Å². The Bertz CT molecular complexity index is 352. The summed E-state index contributed by atoms with van der Waals surface area (Å²) < 4.78 is 6.91. The van der Waals surface area contributed by atoms with Crippen molar-refractivity contribution in [2.45, 2.75) is 45.4 Å². The van der Waals surface area contributed by atoms with Crippen LogP contribution in [-0.4, -0.2) is 6.61 Å². The van der Waals surface area contributed by atoms with E-state index in [0.29, 0.717) is 5.88 Å². The molecule has 0 bridgehead atoms. The molecule has 1 aromatic rings. The van der Waals surface area contributed by atoms with Crippen molar-refractivity contribution < 1.29 is 4.74 Å². The summed E-state index contributed by atoms with van der Waals surface area (Å²) in [7, 11) is 0. The number of unbranched alkanes of at least 4 members (excludes halogenated alkanes) is 3. The maximum atomic E-state index is 5.94. The van der Waals surface area contributed by atoms with Gasteiger partial charge in [0.1, 0.15) is 5.75 Å². The number of aryl methyl sites for hydroxylation is 1. The van der Waals surface area contributed by atoms with Crippen LogP contribution in [0.2, 0.25) is 0 Å². The van der Waals surface area contributed by atoms with Gasteiger partial charge < -0.3 is 4.74 Å². The van der Waals surface area contributed by atoms with E-state index in [-0.39, 0.29) is 0 Å². The number of hydrogen-bond donors (Lipinski definition) is 0. The number of rotatable bonds is 7. The van der Waals surface area contributed by atoms with Gasteiger partial charge in [0, 0.05) is 10.0 Å². The highest BCUT2D eigenvalue weighted by Crippen LogP contribution is 2.29. The number of ether oxygens (including phenoxy) is 1. The average molecular weight is 320 g/mol. The third-order valence-electron chi connectivity index (χ3n) is 2.70. The third kappa shape index (κ3) is 4.89. The van der Waals surface area contributed by atoms with Crippen LogP contribution in [0, 0.1) is 6.92 Å². The number of halogens is 2. The lowest BCUT2D eigenvalue weighted by Gasteiger charge is -2.13. The fraction of sp³-hybridized carbons (Fsp3) is 0.571. The molecule has 0 fully saturated rings. The van der Waals surface area contributed by atoms with Crippen molar-refractivity contribution in [2.75, 3.05) is 6.61 Å². The molecule has 0 radical (unpaired) electrons. The zero-order valence-corrected chi connectivity index (χ0v) is 12.9. The van der Waals surface area contributed by atoms with E-state index in [0.717, 1.165) is 34.4 Å². The molecule has 0 unspecified atom stereocenters. The molecule has 0 spiro atoms. The van der Waals surface area contributed by atoms with Crippen LogP contribution in [0.25, 0.3) is 0 Å². The predicted molar refractivity (Wildman–Crippen MR) is 78.1 cm³/mol. The molecule has 0 atom stereocenters. The lowest BCUT2D eigenvalue weighted by Crippen LogP contribution is -2.01. The Kier molecular flexibility index (Phi) is 6.98. The van der Waals surface area contributed by atoms with E-state index in [4.69, 9.17) is 16.3 Å². The summed E-state index contributed by atoms with van der Waals surface area (Å²) in [6.45, 7) is 5.06. The third-order valence-corrected chi connectivity index (χ3v) is 3.45. The Balaban J connectivity index is 2.57. The van der Waals surface area contributed by atoms with E-state index >= 15 is 0 Å². The normalized spacial score (nSPS) is 10.6. The highest BCUT2D eigenvalue weighted by Gasteiger charge is 2.08. The highest BCUT2D eigenvalue weighted by molar-refractivity contribution is 9.10. The van der Waals surface area contributed by atoms with E-state index in [9.17, 15) is 0 Å². The Morgan fingerprint density at radius 1 is 1.24 bits per heavy atom. The van der Waals surface area contributed by atoms with Gasteiger partial charge in [-0.25, -0.2) is 0 Å². The lowest BCUT2D eigenvalue weighted by atomic mass is 10.1. The monoisotopic (exact) mass is 318 g/mol. The van der Waals surface area contributed by atoms with Crippen LogP contribution in [-0.2, 0) is 5.88 Å². The van der Waals surface area contributed by atoms with Crippen LogP contribution in [0.5, 0.6) is 5.75 Å². The van der Waals surface area contributed by atoms with Gasteiger partial charge in [0.05, 0.1) is 12.5 Å². The molecule has 0 aromatic heterocycles. The molecule has 3 heteroatoms. The van der Waals surface area contributed by atoms with Crippen LogP contribution < -0.4 is 4.74 Å². The lowest BCUT2D eigenvalue weighted by molar-refractivity contribution is 0.301. The molecular formula is C14H20BrClO. The Labute approximate surface area is 118 Å². The molecule has 0 N–H and O–H groups in total. The van der Waals surface area contributed by atoms with Gasteiger partial charge in [-0.2, -0.15) is 0 Å². The Morgan fingerprint density at radius 2 is 2.00 bits per heavy atom. The fourth-order valence-electron chi connectivity index (χ4n) is 1.81. The summed E-state index contributed by atoms with van der Waals surface area (Å²) >= 11 is 9.41. The second-order valence-electron chi connectivity index (χ2n) is 4.25. The van der Waals surface area contributed by atoms with Crippen LogP contribution >= 0.6 is 27.5 Å². The van der Waals surface area contributed by atoms with Crippen molar-refractivity contribution in [1.29, 1.82) is 0 Å². The Hall–Kier alpha value is -0.210. The summed E-state index contributed by atoms with van der Waals surface area (Å²) in [4.78, 5) is 0. The summed E-state index contributed by atoms with van der Waals surface area (Å²) in [6.07, 6.45) is 4.89. The SMILES string of the molecule is CCCCCCOc1c(C)cc(Br)cc1CCl. The zero-order chi connectivity index (χ0) is 12.7. The van der Waals surface area contributed by atoms with Crippen molar-refractivity contribution in [3.63, 3.8) is 0 Å². The minimum atomic E-state index is 0.491. The van der Waals surface area contributed by atoms with Crippen molar-refractivity contribution in [3.8, 4) is 5.75 Å². The summed E-state index contributed by atoms with van der Waals surface area (Å²) in [6, 6.07) is 4.10. The van der Waals surface area contributed by atoms with Gasteiger partial charge in [0.15, 0.2) is 0 Å². The number of hydrogen-bond acceptors (Lipinski definition) is 1. The number of alkyl halides is 1. The number of benzene rings is 1. The molecular weight excluding hydrogens is 300 g/mol. The van der Waals surface area contributed by atoms with Gasteiger partial charge in [0.25, 0.3) is 0 Å². The first-order valence-corrected chi connectivity index (χ1v) is 7.49. The van der Waals surface area contributed by atoms with Gasteiger partial charge in [-0.05, 0) is 31.0 Å². The topological polar surface area (TPSA) is 9.23 Å². The van der Waals surface area contributed by atoms with E-state index < -0.39 is 0 Å². The van der Waals surface area contributed by atoms with Gasteiger partial charge in [-0.1, -0.05) is 42.1 Å². The average Bonchev–Trinajstić information content (AvgIpc) is 2.30. The Morgan fingerprint density at radius 3 is 2.65 bits per heavy atom. The zero-order valence-electron chi connectivity index (χ0n) is 10.6. The summed E-state index contributed by atoms with van der Waals surface area (Å²) in [5.41, 5.74) is 2.21. The molecule has 0 aliphatic heterocycles. The van der Waals surface area contributed by atoms with Crippen molar-refractivity contribution in [2.24, 2.45) is 0 Å². The van der Waals surface area contributed by atoms with Gasteiger partial charge in [-0.15, -0.1) is 11.6 Å².